The number of carbonyl (C=O) groups excluding carboxylic acids is 1. The Morgan fingerprint density at radius 2 is 1.97 bits per heavy atom. The molecule has 1 unspecified atom stereocenters. The number of aromatic nitrogens is 3. The van der Waals surface area contributed by atoms with Crippen molar-refractivity contribution in [1.82, 2.24) is 19.3 Å². The fraction of sp³-hybridized carbons (Fsp3) is 0.179. The molecule has 0 aliphatic heterocycles. The van der Waals surface area contributed by atoms with Crippen LogP contribution in [-0.2, 0) is 17.5 Å². The third-order valence-corrected chi connectivity index (χ3v) is 8.41. The molecule has 1 aliphatic carbocycles. The average Bonchev–Trinajstić information content (AvgIpc) is 3.69. The summed E-state index contributed by atoms with van der Waals surface area (Å²) >= 11 is 6.62. The first-order chi connectivity index (χ1) is 17.9. The van der Waals surface area contributed by atoms with Gasteiger partial charge >= 0.3 is 0 Å². The lowest BCUT2D eigenvalue weighted by atomic mass is 10.0. The first kappa shape index (κ1) is 23.6. The number of pyridine rings is 2. The van der Waals surface area contributed by atoms with Gasteiger partial charge in [0.05, 0.1) is 17.3 Å². The van der Waals surface area contributed by atoms with Crippen LogP contribution in [0.3, 0.4) is 0 Å². The van der Waals surface area contributed by atoms with E-state index < -0.39 is 16.9 Å². The molecule has 7 nitrogen and oxygen atoms in total. The van der Waals surface area contributed by atoms with E-state index in [0.717, 1.165) is 45.8 Å². The maximum absolute atomic E-state index is 13.8. The minimum Gasteiger partial charge on any atom is -0.331 e. The minimum atomic E-state index is -1.50. The van der Waals surface area contributed by atoms with Crippen LogP contribution in [0.15, 0.2) is 71.7 Å². The molecule has 0 spiro atoms. The van der Waals surface area contributed by atoms with Crippen molar-refractivity contribution in [2.75, 3.05) is 0 Å². The number of nitrogens with zero attached hydrogens (tertiary/aromatic N) is 2. The van der Waals surface area contributed by atoms with Gasteiger partial charge < -0.3 is 9.55 Å². The van der Waals surface area contributed by atoms with Gasteiger partial charge in [0.25, 0.3) is 11.5 Å². The van der Waals surface area contributed by atoms with Crippen LogP contribution in [0.4, 0.5) is 0 Å². The van der Waals surface area contributed by atoms with Gasteiger partial charge in [0.2, 0.25) is 0 Å². The maximum atomic E-state index is 13.8. The van der Waals surface area contributed by atoms with E-state index in [-0.39, 0.29) is 23.0 Å². The van der Waals surface area contributed by atoms with Crippen LogP contribution < -0.4 is 10.3 Å². The van der Waals surface area contributed by atoms with Gasteiger partial charge in [-0.05, 0) is 56.2 Å². The topological polar surface area (TPSA) is 96.9 Å². The summed E-state index contributed by atoms with van der Waals surface area (Å²) in [6.07, 6.45) is 3.19. The molecular weight excluding hydrogens is 508 g/mol. The van der Waals surface area contributed by atoms with Crippen LogP contribution in [0.1, 0.15) is 34.5 Å². The molecule has 1 atom stereocenters. The average molecular weight is 531 g/mol. The Labute approximate surface area is 220 Å². The van der Waals surface area contributed by atoms with Gasteiger partial charge in [-0.2, -0.15) is 0 Å². The van der Waals surface area contributed by atoms with Crippen molar-refractivity contribution in [1.29, 1.82) is 0 Å². The molecule has 37 heavy (non-hydrogen) atoms. The second-order valence-corrected chi connectivity index (χ2v) is 11.1. The lowest BCUT2D eigenvalue weighted by Crippen LogP contribution is -2.30. The van der Waals surface area contributed by atoms with E-state index in [9.17, 15) is 13.8 Å². The predicted octanol–water partition coefficient (Wildman–Crippen LogP) is 5.11. The zero-order chi connectivity index (χ0) is 25.7. The van der Waals surface area contributed by atoms with Crippen LogP contribution in [-0.4, -0.2) is 29.9 Å². The second kappa shape index (κ2) is 9.28. The molecule has 1 fully saturated rings. The number of benzene rings is 2. The van der Waals surface area contributed by atoms with Crippen LogP contribution in [0, 0.1) is 6.92 Å². The highest BCUT2D eigenvalue weighted by Gasteiger charge is 2.32. The summed E-state index contributed by atoms with van der Waals surface area (Å²) in [4.78, 5) is 34.0. The Morgan fingerprint density at radius 3 is 2.76 bits per heavy atom. The van der Waals surface area contributed by atoms with E-state index in [1.165, 1.54) is 0 Å². The minimum absolute atomic E-state index is 0.0354. The van der Waals surface area contributed by atoms with Crippen LogP contribution in [0.2, 0.25) is 5.15 Å². The molecule has 2 N–H and O–H groups in total. The third kappa shape index (κ3) is 4.36. The number of aromatic amines is 1. The zero-order valence-electron chi connectivity index (χ0n) is 20.0. The standard InChI is InChI=1S/C28H23ClN4O3S/c1-16-8-11-23-21(13-16)24(20-6-4-12-30-27(20)34)25(28(35)32-37(36)19-9-10-19)33(23)15-18-14-17-5-2-3-7-22(17)31-26(18)29/h2-8,11-14,19H,9-10,15H2,1H3,(H,30,34)(H,32,35). The van der Waals surface area contributed by atoms with E-state index in [1.807, 2.05) is 60.0 Å². The smallest absolute Gasteiger partial charge is 0.280 e. The molecule has 0 radical (unpaired) electrons. The lowest BCUT2D eigenvalue weighted by molar-refractivity contribution is 0.0975. The molecule has 6 rings (SSSR count). The number of hydrogen-bond acceptors (Lipinski definition) is 4. The quantitative estimate of drug-likeness (QED) is 0.298. The van der Waals surface area contributed by atoms with Crippen LogP contribution >= 0.6 is 11.6 Å². The molecule has 3 heterocycles. The van der Waals surface area contributed by atoms with E-state index in [2.05, 4.69) is 14.7 Å². The molecule has 9 heteroatoms. The predicted molar refractivity (Wildman–Crippen MR) is 147 cm³/mol. The van der Waals surface area contributed by atoms with Crippen molar-refractivity contribution in [2.45, 2.75) is 31.6 Å². The van der Waals surface area contributed by atoms with Gasteiger partial charge in [-0.3, -0.25) is 14.3 Å². The number of fused-ring (bicyclic) bond motifs is 2. The van der Waals surface area contributed by atoms with E-state index >= 15 is 0 Å². The number of para-hydroxylation sites is 1. The zero-order valence-corrected chi connectivity index (χ0v) is 21.5. The second-order valence-electron chi connectivity index (χ2n) is 9.30. The Kier molecular flexibility index (Phi) is 5.93. The van der Waals surface area contributed by atoms with Gasteiger partial charge in [0, 0.05) is 39.2 Å². The van der Waals surface area contributed by atoms with Crippen molar-refractivity contribution < 1.29 is 9.00 Å². The number of halogens is 1. The summed E-state index contributed by atoms with van der Waals surface area (Å²) in [5.41, 5.74) is 4.05. The summed E-state index contributed by atoms with van der Waals surface area (Å²) in [6, 6.07) is 18.9. The van der Waals surface area contributed by atoms with Crippen LogP contribution in [0.25, 0.3) is 32.9 Å². The van der Waals surface area contributed by atoms with Crippen molar-refractivity contribution in [2.24, 2.45) is 0 Å². The molecule has 1 amide bonds. The largest absolute Gasteiger partial charge is 0.331 e. The Hall–Kier alpha value is -3.75. The molecule has 0 saturated heterocycles. The number of hydrogen-bond donors (Lipinski definition) is 2. The summed E-state index contributed by atoms with van der Waals surface area (Å²) < 4.78 is 17.2. The SMILES string of the molecule is Cc1ccc2c(c1)c(-c1ccc[nH]c1=O)c(C(=O)NS(=O)C1CC1)n2Cc1cc2ccccc2nc1Cl. The Bertz CT molecular complexity index is 1790. The van der Waals surface area contributed by atoms with Crippen LogP contribution in [0.5, 0.6) is 0 Å². The highest BCUT2D eigenvalue weighted by molar-refractivity contribution is 7.84. The molecule has 5 aromatic rings. The summed E-state index contributed by atoms with van der Waals surface area (Å²) in [6.45, 7) is 2.20. The molecular formula is C28H23ClN4O3S. The number of nitrogens with one attached hydrogen (secondary N) is 2. The Balaban J connectivity index is 1.61. The fourth-order valence-corrected chi connectivity index (χ4v) is 5.90. The molecule has 0 bridgehead atoms. The van der Waals surface area contributed by atoms with E-state index in [4.69, 9.17) is 11.6 Å². The normalized spacial score (nSPS) is 14.2. The molecule has 2 aromatic carbocycles. The first-order valence-corrected chi connectivity index (χ1v) is 13.6. The van der Waals surface area contributed by atoms with Gasteiger partial charge in [-0.1, -0.05) is 41.4 Å². The first-order valence-electron chi connectivity index (χ1n) is 12.0. The van der Waals surface area contributed by atoms with Gasteiger partial charge in [-0.15, -0.1) is 0 Å². The monoisotopic (exact) mass is 530 g/mol. The molecule has 1 saturated carbocycles. The van der Waals surface area contributed by atoms with Crippen molar-refractivity contribution in [3.8, 4) is 11.1 Å². The van der Waals surface area contributed by atoms with Crippen molar-refractivity contribution >= 4 is 50.3 Å². The fourth-order valence-electron chi connectivity index (χ4n) is 4.68. The maximum Gasteiger partial charge on any atom is 0.280 e. The summed E-state index contributed by atoms with van der Waals surface area (Å²) in [7, 11) is -1.50. The van der Waals surface area contributed by atoms with Gasteiger partial charge in [0.1, 0.15) is 21.8 Å². The highest BCUT2D eigenvalue weighted by atomic mass is 35.5. The molecule has 3 aromatic heterocycles. The third-order valence-electron chi connectivity index (χ3n) is 6.62. The highest BCUT2D eigenvalue weighted by Crippen LogP contribution is 2.36. The van der Waals surface area contributed by atoms with Crippen molar-refractivity contribution in [3.05, 3.63) is 99.2 Å². The number of rotatable bonds is 6. The van der Waals surface area contributed by atoms with Gasteiger partial charge in [0.15, 0.2) is 0 Å². The summed E-state index contributed by atoms with van der Waals surface area (Å²) in [5.74, 6) is -0.498. The number of amides is 1. The number of aryl methyl sites for hydroxylation is 1. The lowest BCUT2D eigenvalue weighted by Gasteiger charge is -2.14. The van der Waals surface area contributed by atoms with E-state index in [0.29, 0.717) is 16.3 Å². The molecule has 186 valence electrons. The van der Waals surface area contributed by atoms with E-state index in [1.54, 1.807) is 18.3 Å². The van der Waals surface area contributed by atoms with Gasteiger partial charge in [-0.25, -0.2) is 9.19 Å². The Morgan fingerprint density at radius 1 is 1.16 bits per heavy atom. The number of carbonyl (C=O) groups is 1. The summed E-state index contributed by atoms with van der Waals surface area (Å²) in [5, 5.41) is 1.98. The van der Waals surface area contributed by atoms with Crippen molar-refractivity contribution in [3.63, 3.8) is 0 Å². The molecule has 1 aliphatic rings. The number of H-pyrrole nitrogens is 1.